The Morgan fingerprint density at radius 1 is 1.36 bits per heavy atom. The number of nitrogen functional groups attached to an aromatic ring is 1. The van der Waals surface area contributed by atoms with Gasteiger partial charge in [-0.25, -0.2) is 9.59 Å². The number of nitrogens with zero attached hydrogens (tertiary/aromatic N) is 4. The Bertz CT molecular complexity index is 794. The van der Waals surface area contributed by atoms with Gasteiger partial charge in [-0.05, 0) is 25.1 Å². The van der Waals surface area contributed by atoms with Crippen LogP contribution < -0.4 is 21.3 Å². The Morgan fingerprint density at radius 3 is 2.80 bits per heavy atom. The maximum atomic E-state index is 12.2. The van der Waals surface area contributed by atoms with Gasteiger partial charge in [-0.1, -0.05) is 17.4 Å². The van der Waals surface area contributed by atoms with Gasteiger partial charge in [0.1, 0.15) is 5.01 Å². The second kappa shape index (κ2) is 6.93. The highest BCUT2D eigenvalue weighted by Crippen LogP contribution is 2.23. The van der Waals surface area contributed by atoms with Crippen LogP contribution in [-0.4, -0.2) is 47.3 Å². The van der Waals surface area contributed by atoms with E-state index in [1.807, 2.05) is 6.07 Å². The molecule has 1 saturated heterocycles. The molecular weight excluding hydrogens is 342 g/mol. The number of hydrogen-bond donors (Lipinski definition) is 3. The molecule has 0 bridgehead atoms. The predicted octanol–water partition coefficient (Wildman–Crippen LogP) is 1.87. The summed E-state index contributed by atoms with van der Waals surface area (Å²) in [6.07, 6.45) is 0. The van der Waals surface area contributed by atoms with E-state index in [1.54, 1.807) is 42.0 Å². The molecule has 4 amide bonds. The number of nitrogens with two attached hydrogens (primary N) is 1. The number of carbonyl (C=O) groups excluding carboxylic acids is 2. The van der Waals surface area contributed by atoms with E-state index >= 15 is 0 Å². The molecule has 9 nitrogen and oxygen atoms in total. The molecule has 3 rings (SSSR count). The highest BCUT2D eigenvalue weighted by atomic mass is 32.1. The molecule has 1 aromatic carbocycles. The van der Waals surface area contributed by atoms with Gasteiger partial charge in [-0.15, -0.1) is 10.2 Å². The number of likely N-dealkylation sites (N-methyl/N-ethyl adjacent to an activating group) is 1. The predicted molar refractivity (Wildman–Crippen MR) is 96.7 cm³/mol. The van der Waals surface area contributed by atoms with E-state index in [9.17, 15) is 9.59 Å². The number of urea groups is 2. The second-order valence-corrected chi connectivity index (χ2v) is 6.75. The Balaban J connectivity index is 1.64. The number of rotatable bonds is 4. The Morgan fingerprint density at radius 2 is 2.16 bits per heavy atom. The van der Waals surface area contributed by atoms with Crippen molar-refractivity contribution in [2.45, 2.75) is 13.0 Å². The zero-order valence-electron chi connectivity index (χ0n) is 13.9. The minimum atomic E-state index is -0.372. The smallest absolute Gasteiger partial charge is 0.324 e. The third-order valence-corrected chi connectivity index (χ3v) is 4.74. The van der Waals surface area contributed by atoms with Gasteiger partial charge in [0, 0.05) is 31.5 Å². The van der Waals surface area contributed by atoms with E-state index in [0.29, 0.717) is 28.9 Å². The molecule has 10 heteroatoms. The largest absolute Gasteiger partial charge is 0.374 e. The molecule has 0 saturated carbocycles. The van der Waals surface area contributed by atoms with E-state index in [4.69, 9.17) is 5.73 Å². The molecule has 1 fully saturated rings. The molecule has 0 aliphatic carbocycles. The fourth-order valence-corrected chi connectivity index (χ4v) is 3.10. The maximum Gasteiger partial charge on any atom is 0.324 e. The van der Waals surface area contributed by atoms with Crippen molar-refractivity contribution >= 4 is 39.9 Å². The lowest BCUT2D eigenvalue weighted by atomic mass is 10.2. The minimum Gasteiger partial charge on any atom is -0.374 e. The summed E-state index contributed by atoms with van der Waals surface area (Å²) >= 11 is 1.23. The normalized spacial score (nSPS) is 15.4. The fourth-order valence-electron chi connectivity index (χ4n) is 2.49. The lowest BCUT2D eigenvalue weighted by molar-refractivity contribution is 0.229. The van der Waals surface area contributed by atoms with Crippen LogP contribution >= 0.6 is 11.3 Å². The van der Waals surface area contributed by atoms with E-state index in [0.717, 1.165) is 5.69 Å². The van der Waals surface area contributed by atoms with E-state index in [1.165, 1.54) is 11.3 Å². The Labute approximate surface area is 148 Å². The average molecular weight is 361 g/mol. The number of nitrogens with one attached hydrogen (secondary N) is 2. The third kappa shape index (κ3) is 3.79. The lowest BCUT2D eigenvalue weighted by Gasteiger charge is -2.17. The molecule has 0 spiro atoms. The molecule has 1 aromatic heterocycles. The van der Waals surface area contributed by atoms with Crippen molar-refractivity contribution in [2.75, 3.05) is 36.1 Å². The molecule has 1 unspecified atom stereocenters. The Kier molecular flexibility index (Phi) is 4.70. The zero-order chi connectivity index (χ0) is 18.0. The van der Waals surface area contributed by atoms with Crippen molar-refractivity contribution in [3.63, 3.8) is 0 Å². The molecule has 25 heavy (non-hydrogen) atoms. The van der Waals surface area contributed by atoms with Gasteiger partial charge in [-0.2, -0.15) is 0 Å². The quantitative estimate of drug-likeness (QED) is 0.769. The summed E-state index contributed by atoms with van der Waals surface area (Å²) in [6.45, 7) is 3.11. The number of carbonyl (C=O) groups is 2. The topological polar surface area (TPSA) is 116 Å². The van der Waals surface area contributed by atoms with Gasteiger partial charge in [0.15, 0.2) is 0 Å². The van der Waals surface area contributed by atoms with Crippen LogP contribution in [-0.2, 0) is 0 Å². The lowest BCUT2D eigenvalue weighted by Crippen LogP contribution is -2.31. The van der Waals surface area contributed by atoms with E-state index in [2.05, 4.69) is 20.8 Å². The first-order valence-electron chi connectivity index (χ1n) is 7.73. The molecule has 0 radical (unpaired) electrons. The van der Waals surface area contributed by atoms with Gasteiger partial charge in [0.05, 0.1) is 6.04 Å². The first-order chi connectivity index (χ1) is 11.9. The van der Waals surface area contributed by atoms with E-state index in [-0.39, 0.29) is 18.1 Å². The van der Waals surface area contributed by atoms with Crippen LogP contribution in [0, 0.1) is 0 Å². The van der Waals surface area contributed by atoms with Gasteiger partial charge in [0.25, 0.3) is 0 Å². The summed E-state index contributed by atoms with van der Waals surface area (Å²) in [7, 11) is 1.76. The number of aromatic nitrogens is 2. The number of benzene rings is 1. The number of anilines is 3. The van der Waals surface area contributed by atoms with Crippen molar-refractivity contribution in [3.8, 4) is 0 Å². The highest BCUT2D eigenvalue weighted by molar-refractivity contribution is 7.15. The van der Waals surface area contributed by atoms with Gasteiger partial charge >= 0.3 is 12.1 Å². The maximum absolute atomic E-state index is 12.2. The molecule has 2 heterocycles. The van der Waals surface area contributed by atoms with Crippen molar-refractivity contribution < 1.29 is 9.59 Å². The monoisotopic (exact) mass is 361 g/mol. The molecule has 1 aliphatic rings. The van der Waals surface area contributed by atoms with Crippen molar-refractivity contribution in [1.82, 2.24) is 20.4 Å². The van der Waals surface area contributed by atoms with Crippen LogP contribution in [0.5, 0.6) is 0 Å². The van der Waals surface area contributed by atoms with Gasteiger partial charge < -0.3 is 21.3 Å². The zero-order valence-corrected chi connectivity index (χ0v) is 14.7. The van der Waals surface area contributed by atoms with Gasteiger partial charge in [0.2, 0.25) is 5.13 Å². The van der Waals surface area contributed by atoms with Crippen LogP contribution in [0.1, 0.15) is 18.0 Å². The molecule has 2 aromatic rings. The van der Waals surface area contributed by atoms with Crippen molar-refractivity contribution in [2.24, 2.45) is 0 Å². The van der Waals surface area contributed by atoms with Gasteiger partial charge in [-0.3, -0.25) is 4.90 Å². The highest BCUT2D eigenvalue weighted by Gasteiger charge is 2.26. The SMILES string of the molecule is CC(NC(=O)Nc1cccc(N2CCN(C)C2=O)c1)c1nnc(N)s1. The molecule has 1 aliphatic heterocycles. The van der Waals surface area contributed by atoms with Crippen LogP contribution in [0.15, 0.2) is 24.3 Å². The fraction of sp³-hybridized carbons (Fsp3) is 0.333. The summed E-state index contributed by atoms with van der Waals surface area (Å²) in [4.78, 5) is 27.6. The summed E-state index contributed by atoms with van der Waals surface area (Å²) in [5.74, 6) is 0. The first-order valence-corrected chi connectivity index (χ1v) is 8.55. The van der Waals surface area contributed by atoms with E-state index < -0.39 is 0 Å². The number of hydrogen-bond acceptors (Lipinski definition) is 6. The number of amides is 4. The first kappa shape index (κ1) is 17.0. The Hall–Kier alpha value is -2.88. The van der Waals surface area contributed by atoms with Crippen LogP contribution in [0.3, 0.4) is 0 Å². The van der Waals surface area contributed by atoms with Crippen LogP contribution in [0.2, 0.25) is 0 Å². The second-order valence-electron chi connectivity index (χ2n) is 5.70. The van der Waals surface area contributed by atoms with Crippen molar-refractivity contribution in [3.05, 3.63) is 29.3 Å². The molecule has 1 atom stereocenters. The molecule has 132 valence electrons. The van der Waals surface area contributed by atoms with Crippen molar-refractivity contribution in [1.29, 1.82) is 0 Å². The minimum absolute atomic E-state index is 0.0518. The summed E-state index contributed by atoms with van der Waals surface area (Å²) in [5, 5.41) is 14.2. The average Bonchev–Trinajstić information content (AvgIpc) is 3.14. The summed E-state index contributed by atoms with van der Waals surface area (Å²) in [6, 6.07) is 6.43. The molecular formula is C15H19N7O2S. The third-order valence-electron chi connectivity index (χ3n) is 3.81. The van der Waals surface area contributed by atoms with Crippen LogP contribution in [0.25, 0.3) is 0 Å². The van der Waals surface area contributed by atoms with Crippen LogP contribution in [0.4, 0.5) is 26.1 Å². The molecule has 4 N–H and O–H groups in total. The summed E-state index contributed by atoms with van der Waals surface area (Å²) < 4.78 is 0. The summed E-state index contributed by atoms with van der Waals surface area (Å²) in [5.41, 5.74) is 6.89. The standard InChI is InChI=1S/C15H19N7O2S/c1-9(12-19-20-13(16)25-12)17-14(23)18-10-4-3-5-11(8-10)22-7-6-21(2)15(22)24/h3-5,8-9H,6-7H2,1-2H3,(H2,16,20)(H2,17,18,23).